The third kappa shape index (κ3) is 2.69. The number of benzene rings is 1. The molecule has 0 unspecified atom stereocenters. The molecule has 0 aliphatic carbocycles. The van der Waals surface area contributed by atoms with Crippen LogP contribution in [0.15, 0.2) is 16.6 Å². The van der Waals surface area contributed by atoms with Gasteiger partial charge in [0, 0.05) is 0 Å². The highest BCUT2D eigenvalue weighted by Crippen LogP contribution is 2.25. The van der Waals surface area contributed by atoms with E-state index >= 15 is 0 Å². The molecule has 0 aromatic heterocycles. The van der Waals surface area contributed by atoms with E-state index in [0.717, 1.165) is 6.54 Å². The van der Waals surface area contributed by atoms with Gasteiger partial charge in [-0.2, -0.15) is 0 Å². The van der Waals surface area contributed by atoms with Crippen molar-refractivity contribution in [3.05, 3.63) is 28.0 Å². The maximum Gasteiger partial charge on any atom is 0.140 e. The monoisotopic (exact) mass is 261 g/mol. The Morgan fingerprint density at radius 2 is 2.21 bits per heavy atom. The molecule has 1 N–H and O–H groups in total. The SMILES string of the molecule is CNCCc1cc(OC)cc(Br)c1F. The van der Waals surface area contributed by atoms with Gasteiger partial charge < -0.3 is 10.1 Å². The second kappa shape index (κ2) is 5.32. The Morgan fingerprint density at radius 1 is 1.50 bits per heavy atom. The molecule has 0 saturated carbocycles. The molecule has 0 aliphatic rings. The minimum Gasteiger partial charge on any atom is -0.497 e. The van der Waals surface area contributed by atoms with Crippen LogP contribution in [0.25, 0.3) is 0 Å². The number of halogens is 2. The van der Waals surface area contributed by atoms with E-state index in [9.17, 15) is 4.39 Å². The lowest BCUT2D eigenvalue weighted by Crippen LogP contribution is -2.11. The number of likely N-dealkylation sites (N-methyl/N-ethyl adjacent to an activating group) is 1. The van der Waals surface area contributed by atoms with Gasteiger partial charge in [0.15, 0.2) is 0 Å². The molecule has 1 rings (SSSR count). The Labute approximate surface area is 91.6 Å². The van der Waals surface area contributed by atoms with Gasteiger partial charge in [0.25, 0.3) is 0 Å². The third-order valence-corrected chi connectivity index (χ3v) is 2.53. The lowest BCUT2D eigenvalue weighted by Gasteiger charge is -2.07. The molecule has 0 radical (unpaired) electrons. The topological polar surface area (TPSA) is 21.3 Å². The Bertz CT molecular complexity index is 317. The van der Waals surface area contributed by atoms with Crippen LogP contribution in [-0.2, 0) is 6.42 Å². The maximum atomic E-state index is 13.5. The zero-order valence-electron chi connectivity index (χ0n) is 8.23. The Hall–Kier alpha value is -0.610. The summed E-state index contributed by atoms with van der Waals surface area (Å²) in [4.78, 5) is 0. The van der Waals surface area contributed by atoms with Crippen LogP contribution < -0.4 is 10.1 Å². The van der Waals surface area contributed by atoms with Crippen molar-refractivity contribution in [1.29, 1.82) is 0 Å². The fourth-order valence-corrected chi connectivity index (χ4v) is 1.66. The standard InChI is InChI=1S/C10H13BrFNO/c1-13-4-3-7-5-8(14-2)6-9(11)10(7)12/h5-6,13H,3-4H2,1-2H3. The fraction of sp³-hybridized carbons (Fsp3) is 0.400. The second-order valence-corrected chi connectivity index (χ2v) is 3.79. The number of ether oxygens (including phenoxy) is 1. The van der Waals surface area contributed by atoms with Crippen LogP contribution in [0.3, 0.4) is 0 Å². The molecule has 0 atom stereocenters. The van der Waals surface area contributed by atoms with Crippen molar-refractivity contribution in [2.24, 2.45) is 0 Å². The van der Waals surface area contributed by atoms with Gasteiger partial charge in [-0.05, 0) is 53.6 Å². The Kier molecular flexibility index (Phi) is 4.35. The average molecular weight is 262 g/mol. The van der Waals surface area contributed by atoms with Crippen LogP contribution >= 0.6 is 15.9 Å². The second-order valence-electron chi connectivity index (χ2n) is 2.94. The first-order valence-corrected chi connectivity index (χ1v) is 5.15. The van der Waals surface area contributed by atoms with Crippen molar-refractivity contribution in [2.45, 2.75) is 6.42 Å². The van der Waals surface area contributed by atoms with Crippen LogP contribution in [-0.4, -0.2) is 20.7 Å². The van der Waals surface area contributed by atoms with E-state index in [4.69, 9.17) is 4.74 Å². The van der Waals surface area contributed by atoms with E-state index in [1.54, 1.807) is 19.2 Å². The first-order chi connectivity index (χ1) is 6.69. The quantitative estimate of drug-likeness (QED) is 0.899. The van der Waals surface area contributed by atoms with Gasteiger partial charge in [0.2, 0.25) is 0 Å². The van der Waals surface area contributed by atoms with Crippen LogP contribution in [0, 0.1) is 5.82 Å². The van der Waals surface area contributed by atoms with Gasteiger partial charge in [0.05, 0.1) is 11.6 Å². The Morgan fingerprint density at radius 3 is 2.79 bits per heavy atom. The molecule has 0 saturated heterocycles. The number of methoxy groups -OCH3 is 1. The molecule has 0 heterocycles. The summed E-state index contributed by atoms with van der Waals surface area (Å²) in [5.74, 6) is 0.463. The normalized spacial score (nSPS) is 10.3. The Balaban J connectivity index is 2.95. The van der Waals surface area contributed by atoms with Gasteiger partial charge in [0.1, 0.15) is 11.6 Å². The minimum absolute atomic E-state index is 0.207. The summed E-state index contributed by atoms with van der Waals surface area (Å²) in [5, 5.41) is 2.98. The third-order valence-electron chi connectivity index (χ3n) is 1.96. The lowest BCUT2D eigenvalue weighted by atomic mass is 10.1. The molecule has 2 nitrogen and oxygen atoms in total. The first-order valence-electron chi connectivity index (χ1n) is 4.35. The summed E-state index contributed by atoms with van der Waals surface area (Å²) in [6.07, 6.45) is 0.651. The van der Waals surface area contributed by atoms with Crippen molar-refractivity contribution < 1.29 is 9.13 Å². The van der Waals surface area contributed by atoms with E-state index in [1.807, 2.05) is 7.05 Å². The highest BCUT2D eigenvalue weighted by molar-refractivity contribution is 9.10. The fourth-order valence-electron chi connectivity index (χ4n) is 1.18. The van der Waals surface area contributed by atoms with Gasteiger partial charge in [-0.3, -0.25) is 0 Å². The number of rotatable bonds is 4. The summed E-state index contributed by atoms with van der Waals surface area (Å²) in [5.41, 5.74) is 0.658. The molecule has 0 fully saturated rings. The summed E-state index contributed by atoms with van der Waals surface area (Å²) >= 11 is 3.15. The molecule has 14 heavy (non-hydrogen) atoms. The molecule has 0 spiro atoms. The summed E-state index contributed by atoms with van der Waals surface area (Å²) in [6.45, 7) is 0.747. The van der Waals surface area contributed by atoms with E-state index in [2.05, 4.69) is 21.2 Å². The zero-order valence-corrected chi connectivity index (χ0v) is 9.82. The molecule has 1 aromatic rings. The highest BCUT2D eigenvalue weighted by Gasteiger charge is 2.08. The minimum atomic E-state index is -0.207. The van der Waals surface area contributed by atoms with Gasteiger partial charge in [-0.1, -0.05) is 0 Å². The predicted octanol–water partition coefficient (Wildman–Crippen LogP) is 2.36. The number of hydrogen-bond acceptors (Lipinski definition) is 2. The van der Waals surface area contributed by atoms with Crippen LogP contribution in [0.2, 0.25) is 0 Å². The van der Waals surface area contributed by atoms with Crippen molar-refractivity contribution in [3.63, 3.8) is 0 Å². The molecule has 0 bridgehead atoms. The summed E-state index contributed by atoms with van der Waals surface area (Å²) in [7, 11) is 3.41. The molecule has 4 heteroatoms. The first kappa shape index (κ1) is 11.5. The number of hydrogen-bond donors (Lipinski definition) is 1. The summed E-state index contributed by atoms with van der Waals surface area (Å²) in [6, 6.07) is 3.34. The van der Waals surface area contributed by atoms with Gasteiger partial charge in [-0.15, -0.1) is 0 Å². The van der Waals surface area contributed by atoms with Crippen molar-refractivity contribution >= 4 is 15.9 Å². The van der Waals surface area contributed by atoms with Gasteiger partial charge >= 0.3 is 0 Å². The van der Waals surface area contributed by atoms with Crippen molar-refractivity contribution in [1.82, 2.24) is 5.32 Å². The van der Waals surface area contributed by atoms with Crippen LogP contribution in [0.1, 0.15) is 5.56 Å². The molecule has 1 aromatic carbocycles. The average Bonchev–Trinajstić information content (AvgIpc) is 2.20. The molecule has 78 valence electrons. The predicted molar refractivity (Wildman–Crippen MR) is 58.3 cm³/mol. The highest BCUT2D eigenvalue weighted by atomic mass is 79.9. The maximum absolute atomic E-state index is 13.5. The van der Waals surface area contributed by atoms with E-state index < -0.39 is 0 Å². The lowest BCUT2D eigenvalue weighted by molar-refractivity contribution is 0.412. The van der Waals surface area contributed by atoms with E-state index in [-0.39, 0.29) is 5.82 Å². The van der Waals surface area contributed by atoms with Crippen LogP contribution in [0.4, 0.5) is 4.39 Å². The largest absolute Gasteiger partial charge is 0.497 e. The van der Waals surface area contributed by atoms with E-state index in [1.165, 1.54) is 0 Å². The van der Waals surface area contributed by atoms with E-state index in [0.29, 0.717) is 22.2 Å². The number of nitrogens with one attached hydrogen (secondary N) is 1. The molecular weight excluding hydrogens is 249 g/mol. The van der Waals surface area contributed by atoms with Crippen LogP contribution in [0.5, 0.6) is 5.75 Å². The smallest absolute Gasteiger partial charge is 0.140 e. The molecular formula is C10H13BrFNO. The zero-order chi connectivity index (χ0) is 10.6. The van der Waals surface area contributed by atoms with Gasteiger partial charge in [-0.25, -0.2) is 4.39 Å². The van der Waals surface area contributed by atoms with Crippen molar-refractivity contribution in [3.8, 4) is 5.75 Å². The summed E-state index contributed by atoms with van der Waals surface area (Å²) < 4.78 is 19.0. The van der Waals surface area contributed by atoms with Crippen molar-refractivity contribution in [2.75, 3.05) is 20.7 Å². The molecule has 0 amide bonds. The molecule has 0 aliphatic heterocycles.